The Hall–Kier alpha value is -2.60. The average molecular weight is 367 g/mol. The number of hydrogen-bond acceptors (Lipinski definition) is 4. The van der Waals surface area contributed by atoms with Crippen molar-refractivity contribution in [1.82, 2.24) is 5.32 Å². The Labute approximate surface area is 157 Å². The highest BCUT2D eigenvalue weighted by Gasteiger charge is 2.32. The molecule has 1 aliphatic rings. The molecule has 0 spiro atoms. The van der Waals surface area contributed by atoms with Crippen molar-refractivity contribution in [2.24, 2.45) is 4.99 Å². The highest BCUT2D eigenvalue weighted by Crippen LogP contribution is 2.26. The molecule has 1 saturated heterocycles. The molecule has 2 aromatic carbocycles. The SMILES string of the molecule is Cc1cccc(N=C2NC(=O)[C@H](CC(=O)Nc3ccc(C)cc3C)S2)c1. The van der Waals surface area contributed by atoms with Gasteiger partial charge in [0.2, 0.25) is 11.8 Å². The van der Waals surface area contributed by atoms with Crippen LogP contribution in [0, 0.1) is 20.8 Å². The second-order valence-corrected chi connectivity index (χ2v) is 7.61. The maximum atomic E-state index is 12.3. The molecule has 1 heterocycles. The first kappa shape index (κ1) is 18.2. The first-order valence-corrected chi connectivity index (χ1v) is 9.28. The third-order valence-corrected chi connectivity index (χ3v) is 5.12. The van der Waals surface area contributed by atoms with E-state index in [1.165, 1.54) is 11.8 Å². The molecule has 1 fully saturated rings. The Morgan fingerprint density at radius 2 is 1.92 bits per heavy atom. The van der Waals surface area contributed by atoms with Crippen molar-refractivity contribution in [2.75, 3.05) is 5.32 Å². The Morgan fingerprint density at radius 3 is 2.65 bits per heavy atom. The van der Waals surface area contributed by atoms with E-state index in [-0.39, 0.29) is 18.2 Å². The molecule has 0 aromatic heterocycles. The number of rotatable bonds is 4. The van der Waals surface area contributed by atoms with E-state index in [4.69, 9.17) is 0 Å². The van der Waals surface area contributed by atoms with E-state index in [9.17, 15) is 9.59 Å². The number of benzene rings is 2. The van der Waals surface area contributed by atoms with Crippen molar-refractivity contribution in [1.29, 1.82) is 0 Å². The number of amides is 2. The van der Waals surface area contributed by atoms with Crippen LogP contribution in [0.2, 0.25) is 0 Å². The molecular weight excluding hydrogens is 346 g/mol. The molecule has 5 nitrogen and oxygen atoms in total. The van der Waals surface area contributed by atoms with E-state index in [1.54, 1.807) is 0 Å². The fourth-order valence-electron chi connectivity index (χ4n) is 2.73. The smallest absolute Gasteiger partial charge is 0.240 e. The van der Waals surface area contributed by atoms with Gasteiger partial charge in [0.1, 0.15) is 5.25 Å². The van der Waals surface area contributed by atoms with Crippen molar-refractivity contribution in [3.05, 3.63) is 59.2 Å². The van der Waals surface area contributed by atoms with Gasteiger partial charge >= 0.3 is 0 Å². The molecule has 1 atom stereocenters. The highest BCUT2D eigenvalue weighted by atomic mass is 32.2. The summed E-state index contributed by atoms with van der Waals surface area (Å²) in [6.45, 7) is 5.95. The molecule has 2 aromatic rings. The van der Waals surface area contributed by atoms with Crippen LogP contribution in [0.25, 0.3) is 0 Å². The molecule has 6 heteroatoms. The Morgan fingerprint density at radius 1 is 1.15 bits per heavy atom. The molecule has 2 N–H and O–H groups in total. The monoisotopic (exact) mass is 367 g/mol. The van der Waals surface area contributed by atoms with Gasteiger partial charge in [-0.25, -0.2) is 4.99 Å². The summed E-state index contributed by atoms with van der Waals surface area (Å²) >= 11 is 1.29. The highest BCUT2D eigenvalue weighted by molar-refractivity contribution is 8.15. The zero-order valence-electron chi connectivity index (χ0n) is 15.0. The standard InChI is InChI=1S/C20H21N3O2S/c1-12-5-4-6-15(10-12)21-20-23-19(25)17(26-20)11-18(24)22-16-8-7-13(2)9-14(16)3/h4-10,17H,11H2,1-3H3,(H,22,24)(H,21,23,25)/t17-/m0/s1. The van der Waals surface area contributed by atoms with Gasteiger partial charge in [0, 0.05) is 12.1 Å². The topological polar surface area (TPSA) is 70.6 Å². The van der Waals surface area contributed by atoms with Crippen molar-refractivity contribution < 1.29 is 9.59 Å². The lowest BCUT2D eigenvalue weighted by Crippen LogP contribution is -2.28. The molecule has 2 amide bonds. The minimum atomic E-state index is -0.468. The van der Waals surface area contributed by atoms with Crippen LogP contribution < -0.4 is 10.6 Å². The van der Waals surface area contributed by atoms with E-state index in [0.717, 1.165) is 28.1 Å². The maximum absolute atomic E-state index is 12.3. The van der Waals surface area contributed by atoms with Gasteiger partial charge in [-0.1, -0.05) is 41.6 Å². The lowest BCUT2D eigenvalue weighted by Gasteiger charge is -2.10. The fourth-order valence-corrected chi connectivity index (χ4v) is 3.72. The molecule has 1 aliphatic heterocycles. The molecular formula is C20H21N3O2S. The van der Waals surface area contributed by atoms with Gasteiger partial charge in [-0.2, -0.15) is 0 Å². The summed E-state index contributed by atoms with van der Waals surface area (Å²) in [7, 11) is 0. The summed E-state index contributed by atoms with van der Waals surface area (Å²) in [4.78, 5) is 28.9. The van der Waals surface area contributed by atoms with Crippen LogP contribution in [0.3, 0.4) is 0 Å². The average Bonchev–Trinajstić information content (AvgIpc) is 2.89. The van der Waals surface area contributed by atoms with Crippen LogP contribution in [0.5, 0.6) is 0 Å². The molecule has 0 unspecified atom stereocenters. The number of anilines is 1. The third kappa shape index (κ3) is 4.52. The van der Waals surface area contributed by atoms with Gasteiger partial charge in [-0.3, -0.25) is 9.59 Å². The van der Waals surface area contributed by atoms with Crippen LogP contribution in [-0.4, -0.2) is 22.2 Å². The number of thioether (sulfide) groups is 1. The second-order valence-electron chi connectivity index (χ2n) is 6.42. The summed E-state index contributed by atoms with van der Waals surface area (Å²) < 4.78 is 0. The summed E-state index contributed by atoms with van der Waals surface area (Å²) in [6, 6.07) is 13.6. The number of aryl methyl sites for hydroxylation is 3. The molecule has 134 valence electrons. The normalized spacial score (nSPS) is 18.0. The predicted octanol–water partition coefficient (Wildman–Crippen LogP) is 3.86. The molecule has 0 bridgehead atoms. The number of hydrogen-bond donors (Lipinski definition) is 2. The van der Waals surface area contributed by atoms with Gasteiger partial charge in [0.05, 0.1) is 5.69 Å². The number of nitrogens with zero attached hydrogens (tertiary/aromatic N) is 1. The van der Waals surface area contributed by atoms with Crippen LogP contribution >= 0.6 is 11.8 Å². The van der Waals surface area contributed by atoms with Gasteiger partial charge < -0.3 is 10.6 Å². The van der Waals surface area contributed by atoms with Crippen LogP contribution in [0.1, 0.15) is 23.1 Å². The maximum Gasteiger partial charge on any atom is 0.240 e. The Balaban J connectivity index is 1.63. The zero-order valence-corrected chi connectivity index (χ0v) is 15.8. The number of carbonyl (C=O) groups excluding carboxylic acids is 2. The van der Waals surface area contributed by atoms with Crippen molar-refractivity contribution >= 4 is 40.1 Å². The van der Waals surface area contributed by atoms with E-state index in [0.29, 0.717) is 5.17 Å². The van der Waals surface area contributed by atoms with Crippen molar-refractivity contribution in [2.45, 2.75) is 32.4 Å². The first-order chi connectivity index (χ1) is 12.4. The van der Waals surface area contributed by atoms with Gasteiger partial charge in [-0.05, 0) is 50.1 Å². The van der Waals surface area contributed by atoms with Crippen molar-refractivity contribution in [3.8, 4) is 0 Å². The Bertz CT molecular complexity index is 892. The summed E-state index contributed by atoms with van der Waals surface area (Å²) in [5.74, 6) is -0.362. The van der Waals surface area contributed by atoms with E-state index in [2.05, 4.69) is 15.6 Å². The minimum Gasteiger partial charge on any atom is -0.326 e. The first-order valence-electron chi connectivity index (χ1n) is 8.41. The van der Waals surface area contributed by atoms with E-state index < -0.39 is 5.25 Å². The summed E-state index contributed by atoms with van der Waals surface area (Å²) in [5, 5.41) is 5.70. The number of amidine groups is 1. The third-order valence-electron chi connectivity index (χ3n) is 4.04. The van der Waals surface area contributed by atoms with Gasteiger partial charge in [0.15, 0.2) is 5.17 Å². The molecule has 0 aliphatic carbocycles. The predicted molar refractivity (Wildman–Crippen MR) is 107 cm³/mol. The van der Waals surface area contributed by atoms with Crippen LogP contribution in [-0.2, 0) is 9.59 Å². The molecule has 26 heavy (non-hydrogen) atoms. The van der Waals surface area contributed by atoms with Crippen molar-refractivity contribution in [3.63, 3.8) is 0 Å². The van der Waals surface area contributed by atoms with Crippen LogP contribution in [0.15, 0.2) is 47.5 Å². The second kappa shape index (κ2) is 7.74. The van der Waals surface area contributed by atoms with E-state index >= 15 is 0 Å². The molecule has 0 radical (unpaired) electrons. The number of carbonyl (C=O) groups is 2. The van der Waals surface area contributed by atoms with Gasteiger partial charge in [0.25, 0.3) is 0 Å². The molecule has 0 saturated carbocycles. The lowest BCUT2D eigenvalue weighted by molar-refractivity contribution is -0.122. The fraction of sp³-hybridized carbons (Fsp3) is 0.250. The van der Waals surface area contributed by atoms with Gasteiger partial charge in [-0.15, -0.1) is 0 Å². The minimum absolute atomic E-state index is 0.108. The quantitative estimate of drug-likeness (QED) is 0.862. The number of aliphatic imine (C=N–C) groups is 1. The lowest BCUT2D eigenvalue weighted by atomic mass is 10.1. The van der Waals surface area contributed by atoms with E-state index in [1.807, 2.05) is 63.2 Å². The zero-order chi connectivity index (χ0) is 18.7. The Kier molecular flexibility index (Phi) is 5.42. The summed E-state index contributed by atoms with van der Waals surface area (Å²) in [6.07, 6.45) is 0.108. The number of nitrogens with one attached hydrogen (secondary N) is 2. The molecule has 3 rings (SSSR count). The van der Waals surface area contributed by atoms with Crippen LogP contribution in [0.4, 0.5) is 11.4 Å². The largest absolute Gasteiger partial charge is 0.326 e. The summed E-state index contributed by atoms with van der Waals surface area (Å²) in [5.41, 5.74) is 4.81.